The highest BCUT2D eigenvalue weighted by atomic mass is 16.5. The largest absolute Gasteiger partial charge is 0.491 e. The SMILES string of the molecule is CCC(O)CNCCOc1ccccc1C(=O)O. The molecule has 0 aromatic heterocycles. The van der Waals surface area contributed by atoms with E-state index in [1.165, 1.54) is 6.07 Å². The fourth-order valence-corrected chi connectivity index (χ4v) is 1.42. The first-order chi connectivity index (χ1) is 8.65. The van der Waals surface area contributed by atoms with Gasteiger partial charge in [-0.2, -0.15) is 0 Å². The lowest BCUT2D eigenvalue weighted by Crippen LogP contribution is -2.29. The Morgan fingerprint density at radius 2 is 2.17 bits per heavy atom. The molecule has 1 aromatic carbocycles. The normalized spacial score (nSPS) is 12.1. The Morgan fingerprint density at radius 1 is 1.44 bits per heavy atom. The van der Waals surface area contributed by atoms with Gasteiger partial charge in [-0.15, -0.1) is 0 Å². The van der Waals surface area contributed by atoms with E-state index in [-0.39, 0.29) is 11.7 Å². The van der Waals surface area contributed by atoms with Crippen LogP contribution in [0.2, 0.25) is 0 Å². The number of benzene rings is 1. The average Bonchev–Trinajstić information content (AvgIpc) is 2.38. The summed E-state index contributed by atoms with van der Waals surface area (Å²) in [5.74, 6) is -0.636. The molecule has 0 amide bonds. The molecule has 0 aliphatic rings. The monoisotopic (exact) mass is 253 g/mol. The summed E-state index contributed by atoms with van der Waals surface area (Å²) in [7, 11) is 0. The highest BCUT2D eigenvalue weighted by molar-refractivity contribution is 5.90. The molecular weight excluding hydrogens is 234 g/mol. The smallest absolute Gasteiger partial charge is 0.339 e. The standard InChI is InChI=1S/C13H19NO4/c1-2-10(15)9-14-7-8-18-12-6-4-3-5-11(12)13(16)17/h3-6,10,14-15H,2,7-9H2,1H3,(H,16,17). The number of hydrogen-bond donors (Lipinski definition) is 3. The highest BCUT2D eigenvalue weighted by Crippen LogP contribution is 2.17. The summed E-state index contributed by atoms with van der Waals surface area (Å²) < 4.78 is 5.39. The lowest BCUT2D eigenvalue weighted by Gasteiger charge is -2.11. The molecule has 0 spiro atoms. The van der Waals surface area contributed by atoms with Crippen molar-refractivity contribution in [2.75, 3.05) is 19.7 Å². The van der Waals surface area contributed by atoms with E-state index in [1.54, 1.807) is 18.2 Å². The summed E-state index contributed by atoms with van der Waals surface area (Å²) in [6, 6.07) is 6.53. The molecule has 5 heteroatoms. The van der Waals surface area contributed by atoms with E-state index in [1.807, 2.05) is 6.92 Å². The second-order valence-corrected chi connectivity index (χ2v) is 3.92. The Bertz CT molecular complexity index is 381. The highest BCUT2D eigenvalue weighted by Gasteiger charge is 2.09. The Hall–Kier alpha value is -1.59. The van der Waals surface area contributed by atoms with Gasteiger partial charge in [0.05, 0.1) is 6.10 Å². The maximum atomic E-state index is 10.9. The summed E-state index contributed by atoms with van der Waals surface area (Å²) in [5.41, 5.74) is 0.158. The van der Waals surface area contributed by atoms with Crippen LogP contribution in [-0.4, -0.2) is 42.0 Å². The van der Waals surface area contributed by atoms with E-state index in [0.717, 1.165) is 0 Å². The lowest BCUT2D eigenvalue weighted by molar-refractivity contribution is 0.0692. The fraction of sp³-hybridized carbons (Fsp3) is 0.462. The van der Waals surface area contributed by atoms with Gasteiger partial charge in [0.2, 0.25) is 0 Å². The van der Waals surface area contributed by atoms with Crippen molar-refractivity contribution in [1.82, 2.24) is 5.32 Å². The summed E-state index contributed by atoms with van der Waals surface area (Å²) in [6.07, 6.45) is 0.353. The molecule has 1 rings (SSSR count). The van der Waals surface area contributed by atoms with Crippen LogP contribution in [-0.2, 0) is 0 Å². The number of para-hydroxylation sites is 1. The molecule has 0 aliphatic carbocycles. The van der Waals surface area contributed by atoms with Gasteiger partial charge >= 0.3 is 5.97 Å². The van der Waals surface area contributed by atoms with Crippen LogP contribution < -0.4 is 10.1 Å². The predicted octanol–water partition coefficient (Wildman–Crippen LogP) is 1.12. The van der Waals surface area contributed by atoms with Gasteiger partial charge in [-0.25, -0.2) is 4.79 Å². The summed E-state index contributed by atoms with van der Waals surface area (Å²) in [4.78, 5) is 10.9. The van der Waals surface area contributed by atoms with Crippen LogP contribution in [0.5, 0.6) is 5.75 Å². The summed E-state index contributed by atoms with van der Waals surface area (Å²) >= 11 is 0. The molecule has 0 heterocycles. The third kappa shape index (κ3) is 4.73. The number of aliphatic hydroxyl groups excluding tert-OH is 1. The molecule has 0 radical (unpaired) electrons. The molecule has 18 heavy (non-hydrogen) atoms. The van der Waals surface area contributed by atoms with Gasteiger partial charge in [-0.1, -0.05) is 19.1 Å². The van der Waals surface area contributed by atoms with Gasteiger partial charge in [-0.3, -0.25) is 0 Å². The van der Waals surface area contributed by atoms with Crippen molar-refractivity contribution in [2.24, 2.45) is 0 Å². The first-order valence-electron chi connectivity index (χ1n) is 5.99. The fourth-order valence-electron chi connectivity index (χ4n) is 1.42. The van der Waals surface area contributed by atoms with E-state index in [9.17, 15) is 9.90 Å². The van der Waals surface area contributed by atoms with Crippen molar-refractivity contribution in [2.45, 2.75) is 19.4 Å². The molecule has 5 nitrogen and oxygen atoms in total. The van der Waals surface area contributed by atoms with Crippen molar-refractivity contribution < 1.29 is 19.7 Å². The number of carbonyl (C=O) groups is 1. The van der Waals surface area contributed by atoms with Crippen molar-refractivity contribution in [3.8, 4) is 5.75 Å². The van der Waals surface area contributed by atoms with Gasteiger partial charge in [-0.05, 0) is 18.6 Å². The van der Waals surface area contributed by atoms with Crippen molar-refractivity contribution in [3.63, 3.8) is 0 Å². The molecule has 0 saturated heterocycles. The van der Waals surface area contributed by atoms with Crippen molar-refractivity contribution >= 4 is 5.97 Å². The second-order valence-electron chi connectivity index (χ2n) is 3.92. The molecular formula is C13H19NO4. The molecule has 0 fully saturated rings. The van der Waals surface area contributed by atoms with E-state index >= 15 is 0 Å². The molecule has 1 unspecified atom stereocenters. The van der Waals surface area contributed by atoms with Crippen molar-refractivity contribution in [1.29, 1.82) is 0 Å². The van der Waals surface area contributed by atoms with Crippen molar-refractivity contribution in [3.05, 3.63) is 29.8 Å². The number of carboxylic acid groups (broad SMARTS) is 1. The third-order valence-corrected chi connectivity index (χ3v) is 2.51. The van der Waals surface area contributed by atoms with Crippen LogP contribution in [0.25, 0.3) is 0 Å². The molecule has 3 N–H and O–H groups in total. The van der Waals surface area contributed by atoms with Gasteiger partial charge in [0.25, 0.3) is 0 Å². The number of ether oxygens (including phenoxy) is 1. The minimum Gasteiger partial charge on any atom is -0.491 e. The van der Waals surface area contributed by atoms with E-state index in [0.29, 0.717) is 31.9 Å². The minimum atomic E-state index is -1.00. The van der Waals surface area contributed by atoms with Gasteiger partial charge in [0.1, 0.15) is 17.9 Å². The molecule has 0 aliphatic heterocycles. The number of aromatic carboxylic acids is 1. The number of aliphatic hydroxyl groups is 1. The predicted molar refractivity (Wildman–Crippen MR) is 68.1 cm³/mol. The first kappa shape index (κ1) is 14.5. The minimum absolute atomic E-state index is 0.158. The van der Waals surface area contributed by atoms with Crippen LogP contribution in [0.4, 0.5) is 0 Å². The number of rotatable bonds is 8. The Kier molecular flexibility index (Phi) is 6.18. The molecule has 0 saturated carbocycles. The van der Waals surface area contributed by atoms with Crippen LogP contribution in [0.15, 0.2) is 24.3 Å². The molecule has 100 valence electrons. The van der Waals surface area contributed by atoms with E-state index in [4.69, 9.17) is 9.84 Å². The topological polar surface area (TPSA) is 78.8 Å². The molecule has 1 atom stereocenters. The zero-order chi connectivity index (χ0) is 13.4. The Labute approximate surface area is 106 Å². The second kappa shape index (κ2) is 7.68. The van der Waals surface area contributed by atoms with Gasteiger partial charge in [0, 0.05) is 13.1 Å². The maximum Gasteiger partial charge on any atom is 0.339 e. The summed E-state index contributed by atoms with van der Waals surface area (Å²) in [5, 5.41) is 21.3. The van der Waals surface area contributed by atoms with Crippen LogP contribution in [0, 0.1) is 0 Å². The van der Waals surface area contributed by atoms with E-state index < -0.39 is 5.97 Å². The van der Waals surface area contributed by atoms with Crippen LogP contribution in [0.1, 0.15) is 23.7 Å². The van der Waals surface area contributed by atoms with E-state index in [2.05, 4.69) is 5.32 Å². The van der Waals surface area contributed by atoms with Crippen LogP contribution in [0.3, 0.4) is 0 Å². The zero-order valence-electron chi connectivity index (χ0n) is 10.4. The Morgan fingerprint density at radius 3 is 2.83 bits per heavy atom. The summed E-state index contributed by atoms with van der Waals surface area (Å²) in [6.45, 7) is 3.35. The van der Waals surface area contributed by atoms with Gasteiger partial charge in [0.15, 0.2) is 0 Å². The zero-order valence-corrected chi connectivity index (χ0v) is 10.4. The number of carboxylic acids is 1. The number of nitrogens with one attached hydrogen (secondary N) is 1. The third-order valence-electron chi connectivity index (χ3n) is 2.51. The molecule has 0 bridgehead atoms. The van der Waals surface area contributed by atoms with Crippen LogP contribution >= 0.6 is 0 Å². The Balaban J connectivity index is 2.33. The average molecular weight is 253 g/mol. The lowest BCUT2D eigenvalue weighted by atomic mass is 10.2. The maximum absolute atomic E-state index is 10.9. The first-order valence-corrected chi connectivity index (χ1v) is 5.99. The van der Waals surface area contributed by atoms with Gasteiger partial charge < -0.3 is 20.3 Å². The number of hydrogen-bond acceptors (Lipinski definition) is 4. The molecule has 1 aromatic rings. The quantitative estimate of drug-likeness (QED) is 0.605.